The molecule has 5 nitrogen and oxygen atoms in total. The van der Waals surface area contributed by atoms with E-state index in [1.807, 2.05) is 4.90 Å². The van der Waals surface area contributed by atoms with Gasteiger partial charge < -0.3 is 9.80 Å². The summed E-state index contributed by atoms with van der Waals surface area (Å²) >= 11 is 0. The molecule has 3 heterocycles. The van der Waals surface area contributed by atoms with Gasteiger partial charge in [-0.05, 0) is 37.7 Å². The number of carbonyl (C=O) groups is 1. The second-order valence-electron chi connectivity index (χ2n) is 5.93. The molecule has 2 fully saturated rings. The Labute approximate surface area is 120 Å². The number of anilines is 1. The maximum Gasteiger partial charge on any atom is 0.272 e. The molecule has 0 bridgehead atoms. The molecule has 2 aliphatic heterocycles. The molecule has 3 rings (SSSR count). The van der Waals surface area contributed by atoms with Crippen LogP contribution < -0.4 is 4.90 Å². The number of hydrogen-bond donors (Lipinski definition) is 0. The lowest BCUT2D eigenvalue weighted by Gasteiger charge is -2.30. The van der Waals surface area contributed by atoms with Crippen LogP contribution in [0.5, 0.6) is 0 Å². The van der Waals surface area contributed by atoms with E-state index in [1.165, 1.54) is 19.3 Å². The van der Waals surface area contributed by atoms with E-state index in [9.17, 15) is 4.79 Å². The number of piperidine rings is 1. The van der Waals surface area contributed by atoms with Gasteiger partial charge in [0.25, 0.3) is 5.91 Å². The molecule has 20 heavy (non-hydrogen) atoms. The summed E-state index contributed by atoms with van der Waals surface area (Å²) in [5.74, 6) is 1.35. The number of nitrogens with zero attached hydrogens (tertiary/aromatic N) is 4. The van der Waals surface area contributed by atoms with Crippen molar-refractivity contribution in [3.05, 3.63) is 18.0 Å². The molecule has 108 valence electrons. The van der Waals surface area contributed by atoms with Crippen LogP contribution >= 0.6 is 0 Å². The Morgan fingerprint density at radius 2 is 2.05 bits per heavy atom. The van der Waals surface area contributed by atoms with Gasteiger partial charge in [0.1, 0.15) is 5.69 Å². The van der Waals surface area contributed by atoms with Crippen molar-refractivity contribution in [3.63, 3.8) is 0 Å². The van der Waals surface area contributed by atoms with Crippen molar-refractivity contribution >= 4 is 11.9 Å². The Bertz CT molecular complexity index is 485. The lowest BCUT2D eigenvalue weighted by Crippen LogP contribution is -2.39. The van der Waals surface area contributed by atoms with Crippen molar-refractivity contribution in [2.45, 2.75) is 32.6 Å². The Morgan fingerprint density at radius 3 is 2.80 bits per heavy atom. The summed E-state index contributed by atoms with van der Waals surface area (Å²) in [6.45, 7) is 5.90. The predicted octanol–water partition coefficient (Wildman–Crippen LogP) is 1.95. The van der Waals surface area contributed by atoms with Crippen molar-refractivity contribution in [3.8, 4) is 0 Å². The first kappa shape index (κ1) is 13.3. The highest BCUT2D eigenvalue weighted by Crippen LogP contribution is 2.19. The van der Waals surface area contributed by atoms with Crippen LogP contribution in [0, 0.1) is 5.92 Å². The molecule has 0 saturated carbocycles. The fourth-order valence-electron chi connectivity index (χ4n) is 3.07. The van der Waals surface area contributed by atoms with Gasteiger partial charge in [-0.1, -0.05) is 6.92 Å². The van der Waals surface area contributed by atoms with Crippen molar-refractivity contribution in [1.29, 1.82) is 0 Å². The van der Waals surface area contributed by atoms with E-state index in [4.69, 9.17) is 0 Å². The molecule has 1 atom stereocenters. The molecule has 1 aromatic rings. The first-order chi connectivity index (χ1) is 9.74. The summed E-state index contributed by atoms with van der Waals surface area (Å²) in [4.78, 5) is 25.4. The van der Waals surface area contributed by atoms with Crippen LogP contribution in [0.4, 0.5) is 5.95 Å². The highest BCUT2D eigenvalue weighted by atomic mass is 16.2. The van der Waals surface area contributed by atoms with Gasteiger partial charge in [0.2, 0.25) is 5.95 Å². The van der Waals surface area contributed by atoms with Gasteiger partial charge in [-0.2, -0.15) is 0 Å². The number of likely N-dealkylation sites (tertiary alicyclic amines) is 1. The van der Waals surface area contributed by atoms with E-state index in [1.54, 1.807) is 12.3 Å². The standard InChI is InChI=1S/C15H22N4O/c1-12-5-4-10-19(11-12)14(20)13-6-7-16-15(17-13)18-8-2-3-9-18/h6-7,12H,2-5,8-11H2,1H3. The lowest BCUT2D eigenvalue weighted by molar-refractivity contribution is 0.0677. The van der Waals surface area contributed by atoms with Crippen molar-refractivity contribution in [2.24, 2.45) is 5.92 Å². The maximum absolute atomic E-state index is 12.5. The molecule has 0 N–H and O–H groups in total. The van der Waals surface area contributed by atoms with Gasteiger partial charge in [-0.15, -0.1) is 0 Å². The number of amides is 1. The predicted molar refractivity (Wildman–Crippen MR) is 77.8 cm³/mol. The van der Waals surface area contributed by atoms with E-state index < -0.39 is 0 Å². The van der Waals surface area contributed by atoms with Crippen LogP contribution in [0.1, 0.15) is 43.1 Å². The molecule has 5 heteroatoms. The molecule has 1 amide bonds. The summed E-state index contributed by atoms with van der Waals surface area (Å²) in [5, 5.41) is 0. The minimum atomic E-state index is 0.0550. The van der Waals surface area contributed by atoms with E-state index in [0.717, 1.165) is 32.6 Å². The van der Waals surface area contributed by atoms with Gasteiger partial charge >= 0.3 is 0 Å². The molecule has 1 unspecified atom stereocenters. The summed E-state index contributed by atoms with van der Waals surface area (Å²) in [6, 6.07) is 1.74. The first-order valence-electron chi connectivity index (χ1n) is 7.61. The number of hydrogen-bond acceptors (Lipinski definition) is 4. The quantitative estimate of drug-likeness (QED) is 0.827. The lowest BCUT2D eigenvalue weighted by atomic mass is 10.00. The summed E-state index contributed by atoms with van der Waals surface area (Å²) < 4.78 is 0. The van der Waals surface area contributed by atoms with E-state index in [-0.39, 0.29) is 5.91 Å². The molecule has 0 aliphatic carbocycles. The maximum atomic E-state index is 12.5. The van der Waals surface area contributed by atoms with Crippen LogP contribution in [-0.2, 0) is 0 Å². The number of rotatable bonds is 2. The van der Waals surface area contributed by atoms with Crippen LogP contribution in [0.25, 0.3) is 0 Å². The smallest absolute Gasteiger partial charge is 0.272 e. The van der Waals surface area contributed by atoms with Crippen molar-refractivity contribution in [1.82, 2.24) is 14.9 Å². The second kappa shape index (κ2) is 5.77. The zero-order valence-corrected chi connectivity index (χ0v) is 12.1. The monoisotopic (exact) mass is 274 g/mol. The number of aromatic nitrogens is 2. The third-order valence-electron chi connectivity index (χ3n) is 4.20. The first-order valence-corrected chi connectivity index (χ1v) is 7.61. The minimum absolute atomic E-state index is 0.0550. The fraction of sp³-hybridized carbons (Fsp3) is 0.667. The summed E-state index contributed by atoms with van der Waals surface area (Å²) in [7, 11) is 0. The third-order valence-corrected chi connectivity index (χ3v) is 4.20. The Morgan fingerprint density at radius 1 is 1.25 bits per heavy atom. The van der Waals surface area contributed by atoms with E-state index in [2.05, 4.69) is 21.8 Å². The summed E-state index contributed by atoms with van der Waals surface area (Å²) in [6.07, 6.45) is 6.39. The minimum Gasteiger partial charge on any atom is -0.341 e. The van der Waals surface area contributed by atoms with Crippen molar-refractivity contribution in [2.75, 3.05) is 31.1 Å². The molecule has 1 aromatic heterocycles. The van der Waals surface area contributed by atoms with E-state index in [0.29, 0.717) is 17.6 Å². The van der Waals surface area contributed by atoms with Crippen molar-refractivity contribution < 1.29 is 4.79 Å². The van der Waals surface area contributed by atoms with E-state index >= 15 is 0 Å². The topological polar surface area (TPSA) is 49.3 Å². The molecule has 0 aromatic carbocycles. The Hall–Kier alpha value is -1.65. The molecule has 0 radical (unpaired) electrons. The third kappa shape index (κ3) is 2.76. The van der Waals surface area contributed by atoms with Crippen LogP contribution in [-0.4, -0.2) is 47.0 Å². The zero-order valence-electron chi connectivity index (χ0n) is 12.1. The van der Waals surface area contributed by atoms with Gasteiger partial charge in [-0.25, -0.2) is 9.97 Å². The largest absolute Gasteiger partial charge is 0.341 e. The molecule has 2 saturated heterocycles. The molecule has 0 spiro atoms. The van der Waals surface area contributed by atoms with Gasteiger partial charge in [0, 0.05) is 32.4 Å². The van der Waals surface area contributed by atoms with Crippen LogP contribution in [0.2, 0.25) is 0 Å². The Balaban J connectivity index is 1.75. The summed E-state index contributed by atoms with van der Waals surface area (Å²) in [5.41, 5.74) is 0.538. The molecular formula is C15H22N4O. The highest BCUT2D eigenvalue weighted by Gasteiger charge is 2.24. The van der Waals surface area contributed by atoms with Gasteiger partial charge in [0.05, 0.1) is 0 Å². The molecule has 2 aliphatic rings. The Kier molecular flexibility index (Phi) is 3.85. The fourth-order valence-corrected chi connectivity index (χ4v) is 3.07. The number of carbonyl (C=O) groups excluding carboxylic acids is 1. The van der Waals surface area contributed by atoms with Crippen LogP contribution in [0.15, 0.2) is 12.3 Å². The average molecular weight is 274 g/mol. The average Bonchev–Trinajstić information content (AvgIpc) is 3.01. The van der Waals surface area contributed by atoms with Crippen LogP contribution in [0.3, 0.4) is 0 Å². The highest BCUT2D eigenvalue weighted by molar-refractivity contribution is 5.92. The zero-order chi connectivity index (χ0) is 13.9. The van der Waals surface area contributed by atoms with Gasteiger partial charge in [0.15, 0.2) is 0 Å². The van der Waals surface area contributed by atoms with Gasteiger partial charge in [-0.3, -0.25) is 4.79 Å². The normalized spacial score (nSPS) is 23.1. The SMILES string of the molecule is CC1CCCN(C(=O)c2ccnc(N3CCCC3)n2)C1. The second-order valence-corrected chi connectivity index (χ2v) is 5.93. The molecular weight excluding hydrogens is 252 g/mol.